The molecular formula is C23H23FN4O. The maximum atomic E-state index is 13.4. The monoisotopic (exact) mass is 390 g/mol. The van der Waals surface area contributed by atoms with Gasteiger partial charge in [0.15, 0.2) is 0 Å². The van der Waals surface area contributed by atoms with Crippen molar-refractivity contribution in [1.29, 1.82) is 0 Å². The van der Waals surface area contributed by atoms with E-state index in [0.29, 0.717) is 11.8 Å². The predicted octanol–water partition coefficient (Wildman–Crippen LogP) is 4.59. The lowest BCUT2D eigenvalue weighted by Crippen LogP contribution is -2.33. The zero-order valence-corrected chi connectivity index (χ0v) is 16.4. The van der Waals surface area contributed by atoms with Gasteiger partial charge in [0, 0.05) is 12.0 Å². The second kappa shape index (κ2) is 6.72. The van der Waals surface area contributed by atoms with Gasteiger partial charge in [-0.1, -0.05) is 38.1 Å². The molecule has 29 heavy (non-hydrogen) atoms. The Bertz CT molecular complexity index is 1080. The van der Waals surface area contributed by atoms with E-state index in [9.17, 15) is 9.18 Å². The molecule has 0 radical (unpaired) electrons. The maximum Gasteiger partial charge on any atom is 0.319 e. The highest BCUT2D eigenvalue weighted by atomic mass is 19.1. The molecule has 2 amide bonds. The van der Waals surface area contributed by atoms with Crippen molar-refractivity contribution in [1.82, 2.24) is 15.1 Å². The first kappa shape index (κ1) is 17.9. The Labute approximate surface area is 168 Å². The third-order valence-electron chi connectivity index (χ3n) is 5.99. The number of anilines is 1. The van der Waals surface area contributed by atoms with E-state index in [1.165, 1.54) is 11.6 Å². The molecule has 0 saturated heterocycles. The number of halogens is 1. The summed E-state index contributed by atoms with van der Waals surface area (Å²) in [6.45, 7) is 4.17. The van der Waals surface area contributed by atoms with Crippen molar-refractivity contribution < 1.29 is 9.18 Å². The van der Waals surface area contributed by atoms with Crippen LogP contribution in [0.5, 0.6) is 0 Å². The summed E-state index contributed by atoms with van der Waals surface area (Å²) in [5, 5.41) is 10.6. The Morgan fingerprint density at radius 1 is 1.21 bits per heavy atom. The number of carbonyl (C=O) groups is 1. The van der Waals surface area contributed by atoms with Gasteiger partial charge in [0.2, 0.25) is 0 Å². The zero-order chi connectivity index (χ0) is 20.1. The summed E-state index contributed by atoms with van der Waals surface area (Å²) in [7, 11) is 0. The third-order valence-corrected chi connectivity index (χ3v) is 5.99. The Hall–Kier alpha value is -3.15. The molecule has 2 aliphatic carbocycles. The van der Waals surface area contributed by atoms with Gasteiger partial charge in [0.05, 0.1) is 23.3 Å². The van der Waals surface area contributed by atoms with Gasteiger partial charge in [-0.3, -0.25) is 0 Å². The molecular weight excluding hydrogens is 367 g/mol. The lowest BCUT2D eigenvalue weighted by Gasteiger charge is -2.14. The molecule has 5 rings (SSSR count). The standard InChI is InChI=1S/C23H23FN4O/c1-13(2)22-19(12-25-28(22)16-6-4-3-5-7-16)26-23(29)27-21-18-11-14-10-15(24)8-9-17(14)20(18)21/h3-10,12-13,18,20-21H,11H2,1-2H3,(H2,26,27,29). The smallest absolute Gasteiger partial charge is 0.319 e. The molecule has 1 saturated carbocycles. The lowest BCUT2D eigenvalue weighted by molar-refractivity contribution is 0.251. The van der Waals surface area contributed by atoms with Crippen molar-refractivity contribution in [3.63, 3.8) is 0 Å². The van der Waals surface area contributed by atoms with Crippen LogP contribution in [0.15, 0.2) is 54.7 Å². The van der Waals surface area contributed by atoms with Gasteiger partial charge in [0.25, 0.3) is 0 Å². The second-order valence-electron chi connectivity index (χ2n) is 8.21. The van der Waals surface area contributed by atoms with Crippen LogP contribution in [0, 0.1) is 11.7 Å². The SMILES string of the molecule is CC(C)c1c(NC(=O)NC2C3Cc4cc(F)ccc4C32)cnn1-c1ccccc1. The lowest BCUT2D eigenvalue weighted by atomic mass is 10.0. The first-order chi connectivity index (χ1) is 14.0. The quantitative estimate of drug-likeness (QED) is 0.684. The molecule has 6 heteroatoms. The molecule has 1 heterocycles. The van der Waals surface area contributed by atoms with Crippen LogP contribution < -0.4 is 10.6 Å². The van der Waals surface area contributed by atoms with Crippen molar-refractivity contribution in [2.45, 2.75) is 38.1 Å². The minimum atomic E-state index is -0.220. The summed E-state index contributed by atoms with van der Waals surface area (Å²) >= 11 is 0. The molecule has 2 aliphatic rings. The topological polar surface area (TPSA) is 59.0 Å². The van der Waals surface area contributed by atoms with Crippen LogP contribution in [0.3, 0.4) is 0 Å². The number of amides is 2. The molecule has 2 N–H and O–H groups in total. The number of benzene rings is 2. The van der Waals surface area contributed by atoms with E-state index < -0.39 is 0 Å². The van der Waals surface area contributed by atoms with E-state index in [-0.39, 0.29) is 23.8 Å². The third kappa shape index (κ3) is 3.09. The van der Waals surface area contributed by atoms with E-state index in [1.54, 1.807) is 12.3 Å². The van der Waals surface area contributed by atoms with Crippen LogP contribution in [0.1, 0.15) is 42.5 Å². The fraction of sp³-hybridized carbons (Fsp3) is 0.304. The number of aromatic nitrogens is 2. The highest BCUT2D eigenvalue weighted by Gasteiger charge is 2.56. The molecule has 148 valence electrons. The van der Waals surface area contributed by atoms with Gasteiger partial charge in [0.1, 0.15) is 5.82 Å². The molecule has 5 nitrogen and oxygen atoms in total. The van der Waals surface area contributed by atoms with Gasteiger partial charge >= 0.3 is 6.03 Å². The van der Waals surface area contributed by atoms with Crippen molar-refractivity contribution in [2.24, 2.45) is 5.92 Å². The number of fused-ring (bicyclic) bond motifs is 3. The van der Waals surface area contributed by atoms with Gasteiger partial charge in [-0.05, 0) is 53.6 Å². The van der Waals surface area contributed by atoms with Crippen molar-refractivity contribution in [2.75, 3.05) is 5.32 Å². The first-order valence-corrected chi connectivity index (χ1v) is 10.0. The zero-order valence-electron chi connectivity index (χ0n) is 16.4. The second-order valence-corrected chi connectivity index (χ2v) is 8.21. The predicted molar refractivity (Wildman–Crippen MR) is 110 cm³/mol. The van der Waals surface area contributed by atoms with Crippen molar-refractivity contribution >= 4 is 11.7 Å². The summed E-state index contributed by atoms with van der Waals surface area (Å²) < 4.78 is 15.3. The fourth-order valence-electron chi connectivity index (χ4n) is 4.67. The van der Waals surface area contributed by atoms with E-state index >= 15 is 0 Å². The molecule has 3 aromatic rings. The number of rotatable bonds is 4. The summed E-state index contributed by atoms with van der Waals surface area (Å²) in [5.74, 6) is 0.668. The fourth-order valence-corrected chi connectivity index (χ4v) is 4.67. The maximum absolute atomic E-state index is 13.4. The minimum absolute atomic E-state index is 0.111. The highest BCUT2D eigenvalue weighted by Crippen LogP contribution is 2.56. The Morgan fingerprint density at radius 2 is 2.00 bits per heavy atom. The first-order valence-electron chi connectivity index (χ1n) is 10.0. The number of hydrogen-bond donors (Lipinski definition) is 2. The number of nitrogens with one attached hydrogen (secondary N) is 2. The number of urea groups is 1. The average molecular weight is 390 g/mol. The van der Waals surface area contributed by atoms with E-state index in [0.717, 1.165) is 29.1 Å². The van der Waals surface area contributed by atoms with Crippen LogP contribution in [-0.2, 0) is 6.42 Å². The molecule has 3 atom stereocenters. The van der Waals surface area contributed by atoms with Crippen molar-refractivity contribution in [3.8, 4) is 5.69 Å². The largest absolute Gasteiger partial charge is 0.334 e. The molecule has 1 aromatic heterocycles. The van der Waals surface area contributed by atoms with E-state index in [1.807, 2.05) is 41.1 Å². The summed E-state index contributed by atoms with van der Waals surface area (Å²) in [5.41, 5.74) is 4.88. The van der Waals surface area contributed by atoms with Crippen LogP contribution in [0.4, 0.5) is 14.9 Å². The van der Waals surface area contributed by atoms with Gasteiger partial charge in [-0.2, -0.15) is 5.10 Å². The molecule has 0 aliphatic heterocycles. The summed E-state index contributed by atoms with van der Waals surface area (Å²) in [6, 6.07) is 14.8. The van der Waals surface area contributed by atoms with Gasteiger partial charge in [-0.25, -0.2) is 13.9 Å². The van der Waals surface area contributed by atoms with Crippen LogP contribution in [0.25, 0.3) is 5.69 Å². The number of para-hydroxylation sites is 1. The molecule has 2 aromatic carbocycles. The number of hydrogen-bond acceptors (Lipinski definition) is 2. The van der Waals surface area contributed by atoms with Gasteiger partial charge in [-0.15, -0.1) is 0 Å². The van der Waals surface area contributed by atoms with Crippen molar-refractivity contribution in [3.05, 3.63) is 77.4 Å². The summed E-state index contributed by atoms with van der Waals surface area (Å²) in [4.78, 5) is 12.7. The average Bonchev–Trinajstić information content (AvgIpc) is 3.04. The highest BCUT2D eigenvalue weighted by molar-refractivity contribution is 5.90. The normalized spacial score (nSPS) is 21.6. The molecule has 3 unspecified atom stereocenters. The Balaban J connectivity index is 1.30. The number of carbonyl (C=O) groups excluding carboxylic acids is 1. The van der Waals surface area contributed by atoms with Gasteiger partial charge < -0.3 is 10.6 Å². The molecule has 0 spiro atoms. The molecule has 1 fully saturated rings. The summed E-state index contributed by atoms with van der Waals surface area (Å²) in [6.07, 6.45) is 2.53. The molecule has 0 bridgehead atoms. The van der Waals surface area contributed by atoms with E-state index in [2.05, 4.69) is 29.6 Å². The van der Waals surface area contributed by atoms with Crippen LogP contribution >= 0.6 is 0 Å². The minimum Gasteiger partial charge on any atom is -0.334 e. The Morgan fingerprint density at radius 3 is 2.76 bits per heavy atom. The van der Waals surface area contributed by atoms with Crippen LogP contribution in [0.2, 0.25) is 0 Å². The van der Waals surface area contributed by atoms with Crippen LogP contribution in [-0.4, -0.2) is 21.9 Å². The Kier molecular flexibility index (Phi) is 4.15. The number of nitrogens with zero attached hydrogens (tertiary/aromatic N) is 2. The van der Waals surface area contributed by atoms with E-state index in [4.69, 9.17) is 0 Å².